The van der Waals surface area contributed by atoms with Crippen molar-refractivity contribution in [3.05, 3.63) is 66.4 Å². The summed E-state index contributed by atoms with van der Waals surface area (Å²) in [5.74, 6) is 0.266. The molecule has 2 aromatic carbocycles. The number of hydrogen-bond acceptors (Lipinski definition) is 2. The maximum absolute atomic E-state index is 10.4. The second kappa shape index (κ2) is 5.21. The third-order valence-electron chi connectivity index (χ3n) is 3.34. The zero-order valence-corrected chi connectivity index (χ0v) is 11.3. The smallest absolute Gasteiger partial charge is 0.165 e. The Hall–Kier alpha value is -2.55. The number of aromatic nitrogens is 2. The zero-order valence-electron chi connectivity index (χ0n) is 11.3. The minimum atomic E-state index is 0.266. The maximum Gasteiger partial charge on any atom is 0.165 e. The first kappa shape index (κ1) is 12.5. The van der Waals surface area contributed by atoms with Crippen molar-refractivity contribution < 1.29 is 5.11 Å². The number of hydrogen-bond donors (Lipinski definition) is 1. The first-order valence-electron chi connectivity index (χ1n) is 6.73. The van der Waals surface area contributed by atoms with Gasteiger partial charge in [-0.2, -0.15) is 5.10 Å². The van der Waals surface area contributed by atoms with Crippen LogP contribution < -0.4 is 0 Å². The topological polar surface area (TPSA) is 38.1 Å². The predicted octanol–water partition coefficient (Wildman–Crippen LogP) is 3.81. The van der Waals surface area contributed by atoms with Gasteiger partial charge in [-0.05, 0) is 18.6 Å². The average molecular weight is 264 g/mol. The van der Waals surface area contributed by atoms with Crippen molar-refractivity contribution >= 4 is 0 Å². The van der Waals surface area contributed by atoms with Crippen LogP contribution in [0.3, 0.4) is 0 Å². The number of aromatic hydroxyl groups is 1. The van der Waals surface area contributed by atoms with E-state index in [1.54, 1.807) is 0 Å². The van der Waals surface area contributed by atoms with E-state index in [9.17, 15) is 5.11 Å². The quantitative estimate of drug-likeness (QED) is 0.781. The van der Waals surface area contributed by atoms with Gasteiger partial charge < -0.3 is 5.11 Å². The minimum absolute atomic E-state index is 0.266. The molecule has 0 bridgehead atoms. The van der Waals surface area contributed by atoms with Gasteiger partial charge in [0.25, 0.3) is 0 Å². The molecule has 0 aliphatic heterocycles. The van der Waals surface area contributed by atoms with E-state index in [0.29, 0.717) is 5.69 Å². The highest BCUT2D eigenvalue weighted by molar-refractivity contribution is 5.67. The van der Waals surface area contributed by atoms with Gasteiger partial charge in [-0.15, -0.1) is 0 Å². The molecular formula is C17H16N2O. The molecule has 0 saturated heterocycles. The van der Waals surface area contributed by atoms with Gasteiger partial charge in [-0.3, -0.25) is 0 Å². The van der Waals surface area contributed by atoms with Crippen LogP contribution in [0.1, 0.15) is 12.6 Å². The highest BCUT2D eigenvalue weighted by Gasteiger charge is 2.17. The molecule has 1 heterocycles. The van der Waals surface area contributed by atoms with E-state index in [2.05, 4.69) is 5.10 Å². The monoisotopic (exact) mass is 264 g/mol. The molecule has 3 aromatic rings. The average Bonchev–Trinajstić information content (AvgIpc) is 2.86. The highest BCUT2D eigenvalue weighted by Crippen LogP contribution is 2.33. The van der Waals surface area contributed by atoms with Crippen LogP contribution in [-0.4, -0.2) is 14.9 Å². The molecule has 20 heavy (non-hydrogen) atoms. The molecule has 0 aliphatic carbocycles. The number of rotatable bonds is 3. The molecular weight excluding hydrogens is 248 g/mol. The van der Waals surface area contributed by atoms with E-state index < -0.39 is 0 Å². The summed E-state index contributed by atoms with van der Waals surface area (Å²) in [6.07, 6.45) is 0.723. The molecule has 0 fully saturated rings. The van der Waals surface area contributed by atoms with Gasteiger partial charge in [0.05, 0.1) is 11.4 Å². The molecule has 0 amide bonds. The van der Waals surface area contributed by atoms with Crippen LogP contribution in [0.4, 0.5) is 0 Å². The number of para-hydroxylation sites is 1. The Labute approximate surface area is 118 Å². The van der Waals surface area contributed by atoms with Gasteiger partial charge in [0, 0.05) is 5.56 Å². The molecule has 0 aliphatic rings. The van der Waals surface area contributed by atoms with Gasteiger partial charge in [0.2, 0.25) is 0 Å². The number of benzene rings is 2. The standard InChI is InChI=1S/C17H16N2O/c1-2-15-17(20)16(13-9-5-3-6-10-13)18-19(15)14-11-7-4-8-12-14/h3-12,20H,2H2,1H3. The summed E-state index contributed by atoms with van der Waals surface area (Å²) in [5, 5.41) is 15.0. The van der Waals surface area contributed by atoms with E-state index in [1.807, 2.05) is 72.3 Å². The molecule has 0 radical (unpaired) electrons. The molecule has 3 rings (SSSR count). The first-order valence-corrected chi connectivity index (χ1v) is 6.73. The van der Waals surface area contributed by atoms with Gasteiger partial charge in [-0.25, -0.2) is 4.68 Å². The van der Waals surface area contributed by atoms with Crippen LogP contribution in [-0.2, 0) is 6.42 Å². The van der Waals surface area contributed by atoms with Crippen molar-refractivity contribution in [1.29, 1.82) is 0 Å². The van der Waals surface area contributed by atoms with Gasteiger partial charge >= 0.3 is 0 Å². The summed E-state index contributed by atoms with van der Waals surface area (Å²) in [6, 6.07) is 19.6. The van der Waals surface area contributed by atoms with Crippen molar-refractivity contribution in [2.24, 2.45) is 0 Å². The van der Waals surface area contributed by atoms with Crippen LogP contribution in [0.2, 0.25) is 0 Å². The molecule has 1 N–H and O–H groups in total. The lowest BCUT2D eigenvalue weighted by Gasteiger charge is -2.04. The van der Waals surface area contributed by atoms with Crippen molar-refractivity contribution in [1.82, 2.24) is 9.78 Å². The Bertz CT molecular complexity index is 703. The SMILES string of the molecule is CCc1c(O)c(-c2ccccc2)nn1-c1ccccc1. The van der Waals surface area contributed by atoms with E-state index in [-0.39, 0.29) is 5.75 Å². The summed E-state index contributed by atoms with van der Waals surface area (Å²) in [5.41, 5.74) is 3.34. The Morgan fingerprint density at radius 3 is 2.15 bits per heavy atom. The Balaban J connectivity index is 2.18. The normalized spacial score (nSPS) is 10.7. The third kappa shape index (κ3) is 2.07. The molecule has 0 spiro atoms. The summed E-state index contributed by atoms with van der Waals surface area (Å²) in [6.45, 7) is 2.02. The van der Waals surface area contributed by atoms with Gasteiger partial charge in [0.1, 0.15) is 5.69 Å². The van der Waals surface area contributed by atoms with E-state index >= 15 is 0 Å². The van der Waals surface area contributed by atoms with Crippen LogP contribution >= 0.6 is 0 Å². The second-order valence-corrected chi connectivity index (χ2v) is 4.61. The lowest BCUT2D eigenvalue weighted by molar-refractivity contribution is 0.469. The molecule has 100 valence electrons. The largest absolute Gasteiger partial charge is 0.504 e. The lowest BCUT2D eigenvalue weighted by atomic mass is 10.1. The lowest BCUT2D eigenvalue weighted by Crippen LogP contribution is -2.00. The van der Waals surface area contributed by atoms with Crippen molar-refractivity contribution in [3.63, 3.8) is 0 Å². The zero-order chi connectivity index (χ0) is 13.9. The third-order valence-corrected chi connectivity index (χ3v) is 3.34. The highest BCUT2D eigenvalue weighted by atomic mass is 16.3. The van der Waals surface area contributed by atoms with E-state index in [4.69, 9.17) is 0 Å². The molecule has 0 saturated carbocycles. The summed E-state index contributed by atoms with van der Waals surface area (Å²) < 4.78 is 1.82. The second-order valence-electron chi connectivity index (χ2n) is 4.61. The molecule has 0 atom stereocenters. The fourth-order valence-corrected chi connectivity index (χ4v) is 2.34. The number of nitrogens with zero attached hydrogens (tertiary/aromatic N) is 2. The van der Waals surface area contributed by atoms with Crippen LogP contribution in [0.15, 0.2) is 60.7 Å². The summed E-state index contributed by atoms with van der Waals surface area (Å²) >= 11 is 0. The predicted molar refractivity (Wildman–Crippen MR) is 80.0 cm³/mol. The Kier molecular flexibility index (Phi) is 3.25. The van der Waals surface area contributed by atoms with Crippen molar-refractivity contribution in [2.45, 2.75) is 13.3 Å². The van der Waals surface area contributed by atoms with Crippen molar-refractivity contribution in [2.75, 3.05) is 0 Å². The summed E-state index contributed by atoms with van der Waals surface area (Å²) in [7, 11) is 0. The first-order chi connectivity index (χ1) is 9.81. The van der Waals surface area contributed by atoms with Crippen LogP contribution in [0.25, 0.3) is 16.9 Å². The Morgan fingerprint density at radius 1 is 0.950 bits per heavy atom. The Morgan fingerprint density at radius 2 is 1.55 bits per heavy atom. The van der Waals surface area contributed by atoms with Gasteiger partial charge in [-0.1, -0.05) is 55.5 Å². The molecule has 1 aromatic heterocycles. The van der Waals surface area contributed by atoms with E-state index in [1.165, 1.54) is 0 Å². The van der Waals surface area contributed by atoms with Crippen LogP contribution in [0, 0.1) is 0 Å². The fourth-order valence-electron chi connectivity index (χ4n) is 2.34. The van der Waals surface area contributed by atoms with Crippen LogP contribution in [0.5, 0.6) is 5.75 Å². The maximum atomic E-state index is 10.4. The molecule has 3 heteroatoms. The van der Waals surface area contributed by atoms with Crippen molar-refractivity contribution in [3.8, 4) is 22.7 Å². The molecule has 3 nitrogen and oxygen atoms in total. The van der Waals surface area contributed by atoms with E-state index in [0.717, 1.165) is 23.4 Å². The summed E-state index contributed by atoms with van der Waals surface area (Å²) in [4.78, 5) is 0. The fraction of sp³-hybridized carbons (Fsp3) is 0.118. The minimum Gasteiger partial charge on any atom is -0.504 e. The molecule has 0 unspecified atom stereocenters. The van der Waals surface area contributed by atoms with Gasteiger partial charge in [0.15, 0.2) is 5.75 Å².